The highest BCUT2D eigenvalue weighted by molar-refractivity contribution is 6.19. The summed E-state index contributed by atoms with van der Waals surface area (Å²) in [5.74, 6) is 6.60. The molecule has 0 radical (unpaired) electrons. The van der Waals surface area contributed by atoms with E-state index in [0.717, 1.165) is 74.5 Å². The Morgan fingerprint density at radius 3 is 2.58 bits per heavy atom. The molecule has 2 fully saturated rings. The number of carbonyl (C=O) groups is 2. The lowest BCUT2D eigenvalue weighted by Crippen LogP contribution is -2.62. The van der Waals surface area contributed by atoms with Gasteiger partial charge in [-0.05, 0) is 70.7 Å². The van der Waals surface area contributed by atoms with E-state index in [1.807, 2.05) is 54.2 Å². The largest absolute Gasteiger partial charge is 0.375 e. The van der Waals surface area contributed by atoms with Crippen LogP contribution in [0.5, 0.6) is 0 Å². The predicted octanol–water partition coefficient (Wildman–Crippen LogP) is 3.79. The average molecular weight is 594 g/mol. The maximum absolute atomic E-state index is 13.7. The monoisotopic (exact) mass is 593 g/mol. The maximum atomic E-state index is 13.7. The molecule has 0 aromatic heterocycles. The number of nitrogens with zero attached hydrogens (tertiary/aromatic N) is 6. The van der Waals surface area contributed by atoms with Crippen LogP contribution in [0.25, 0.3) is 0 Å². The molecule has 1 aromatic rings. The molecule has 2 amide bonds. The summed E-state index contributed by atoms with van der Waals surface area (Å²) in [7, 11) is 3.75. The molecule has 1 aromatic carbocycles. The first-order chi connectivity index (χ1) is 20.5. The summed E-state index contributed by atoms with van der Waals surface area (Å²) in [5, 5.41) is 1.64. The first-order valence-corrected chi connectivity index (χ1v) is 15.7. The Morgan fingerprint density at radius 2 is 1.93 bits per heavy atom. The number of morpholine rings is 1. The molecule has 43 heavy (non-hydrogen) atoms. The van der Waals surface area contributed by atoms with Gasteiger partial charge in [0.15, 0.2) is 0 Å². The lowest BCUT2D eigenvalue weighted by atomic mass is 9.88. The second kappa shape index (κ2) is 14.1. The molecule has 10 heteroatoms. The van der Waals surface area contributed by atoms with E-state index in [4.69, 9.17) is 10.6 Å². The molecule has 10 nitrogen and oxygen atoms in total. The Bertz CT molecular complexity index is 1250. The number of allylic oxidation sites excluding steroid dienone is 1. The number of nitrogens with two attached hydrogens (primary N) is 1. The molecule has 1 spiro atoms. The zero-order valence-electron chi connectivity index (χ0n) is 27.2. The highest BCUT2D eigenvalue weighted by atomic mass is 16.5. The molecule has 4 rings (SSSR count). The second-order valence-corrected chi connectivity index (χ2v) is 12.6. The van der Waals surface area contributed by atoms with E-state index in [1.54, 1.807) is 18.3 Å². The Kier molecular flexibility index (Phi) is 10.7. The zero-order chi connectivity index (χ0) is 31.3. The molecule has 2 saturated heterocycles. The molecule has 3 aliphatic rings. The molecular formula is C33H51N7O3. The summed E-state index contributed by atoms with van der Waals surface area (Å²) in [6, 6.07) is 8.02. The van der Waals surface area contributed by atoms with Gasteiger partial charge >= 0.3 is 0 Å². The molecule has 236 valence electrons. The zero-order valence-corrected chi connectivity index (χ0v) is 27.2. The number of rotatable bonds is 9. The van der Waals surface area contributed by atoms with Gasteiger partial charge in [0.2, 0.25) is 0 Å². The molecule has 0 saturated carbocycles. The molecule has 1 atom stereocenters. The number of benzene rings is 1. The van der Waals surface area contributed by atoms with Crippen LogP contribution < -0.4 is 15.8 Å². The summed E-state index contributed by atoms with van der Waals surface area (Å²) in [6.07, 6.45) is 6.85. The normalized spacial score (nSPS) is 22.4. The number of hydrazine groups is 1. The minimum Gasteiger partial charge on any atom is -0.375 e. The van der Waals surface area contributed by atoms with E-state index in [-0.39, 0.29) is 23.5 Å². The van der Waals surface area contributed by atoms with Crippen LogP contribution in [0.1, 0.15) is 60.3 Å². The molecule has 3 heterocycles. The fourth-order valence-corrected chi connectivity index (χ4v) is 6.47. The highest BCUT2D eigenvalue weighted by Gasteiger charge is 2.45. The standard InChI is InChI=1S/C33H51N7O3/c1-8-10-30-29(20-35-6)32(42)38(18-17-36(30)7)27-11-9-12-28(19-27)40(34)22-25(4)21-37-15-13-33(14-16-37)23-39(24(2)3)31(41)26(5)43-33/h9,11-12,19-20,22,24,26H,8,10,13-18,21,23,34H2,1-7H3/b25-22+,35-20?. The van der Waals surface area contributed by atoms with Crippen molar-refractivity contribution in [1.29, 1.82) is 0 Å². The van der Waals surface area contributed by atoms with Crippen molar-refractivity contribution in [2.24, 2.45) is 10.8 Å². The number of ether oxygens (including phenoxy) is 1. The van der Waals surface area contributed by atoms with E-state index in [9.17, 15) is 9.59 Å². The fourth-order valence-electron chi connectivity index (χ4n) is 6.47. The SMILES string of the molecule is CCCC1=C(C=NC)C(=O)N(c2cccc(N(N)/C=C(\C)CN3CCC4(CC3)CN(C(C)C)C(=O)C(C)O4)c2)CCN1C. The molecule has 0 aliphatic carbocycles. The number of amides is 2. The van der Waals surface area contributed by atoms with E-state index >= 15 is 0 Å². The third-order valence-corrected chi connectivity index (χ3v) is 8.83. The van der Waals surface area contributed by atoms with Crippen LogP contribution in [0.2, 0.25) is 0 Å². The lowest BCUT2D eigenvalue weighted by Gasteiger charge is -2.50. The second-order valence-electron chi connectivity index (χ2n) is 12.6. The highest BCUT2D eigenvalue weighted by Crippen LogP contribution is 2.34. The Labute approximate surface area is 257 Å². The molecule has 3 aliphatic heterocycles. The Morgan fingerprint density at radius 1 is 1.21 bits per heavy atom. The number of aliphatic imine (C=N–C) groups is 1. The van der Waals surface area contributed by atoms with Crippen LogP contribution in [-0.4, -0.2) is 104 Å². The van der Waals surface area contributed by atoms with Gasteiger partial charge in [0.1, 0.15) is 6.10 Å². The van der Waals surface area contributed by atoms with E-state index in [2.05, 4.69) is 42.5 Å². The summed E-state index contributed by atoms with van der Waals surface area (Å²) < 4.78 is 6.30. The van der Waals surface area contributed by atoms with Crippen LogP contribution in [0, 0.1) is 0 Å². The number of anilines is 2. The number of piperidine rings is 1. The van der Waals surface area contributed by atoms with Gasteiger partial charge in [-0.3, -0.25) is 24.5 Å². The van der Waals surface area contributed by atoms with Crippen molar-refractivity contribution in [3.05, 3.63) is 47.3 Å². The molecule has 1 unspecified atom stereocenters. The first kappa shape index (κ1) is 32.7. The van der Waals surface area contributed by atoms with Gasteiger partial charge in [0.05, 0.1) is 23.4 Å². The van der Waals surface area contributed by atoms with Crippen molar-refractivity contribution >= 4 is 29.4 Å². The van der Waals surface area contributed by atoms with Gasteiger partial charge in [-0.15, -0.1) is 0 Å². The number of hydrogen-bond donors (Lipinski definition) is 1. The van der Waals surface area contributed by atoms with Crippen molar-refractivity contribution in [2.75, 3.05) is 63.3 Å². The van der Waals surface area contributed by atoms with Gasteiger partial charge in [0, 0.05) is 76.7 Å². The van der Waals surface area contributed by atoms with Crippen molar-refractivity contribution in [2.45, 2.75) is 78.0 Å². The summed E-state index contributed by atoms with van der Waals surface area (Å²) in [6.45, 7) is 14.8. The van der Waals surface area contributed by atoms with Crippen LogP contribution in [0.15, 0.2) is 52.3 Å². The lowest BCUT2D eigenvalue weighted by molar-refractivity contribution is -0.192. The Balaban J connectivity index is 1.42. The summed E-state index contributed by atoms with van der Waals surface area (Å²) in [5.41, 5.74) is 4.19. The van der Waals surface area contributed by atoms with Gasteiger partial charge in [-0.1, -0.05) is 19.4 Å². The third kappa shape index (κ3) is 7.48. The summed E-state index contributed by atoms with van der Waals surface area (Å²) >= 11 is 0. The van der Waals surface area contributed by atoms with Gasteiger partial charge in [0.25, 0.3) is 11.8 Å². The van der Waals surface area contributed by atoms with Crippen molar-refractivity contribution in [3.63, 3.8) is 0 Å². The number of hydrogen-bond acceptors (Lipinski definition) is 8. The van der Waals surface area contributed by atoms with Crippen LogP contribution in [-0.2, 0) is 14.3 Å². The number of likely N-dealkylation sites (tertiary alicyclic amines) is 1. The van der Waals surface area contributed by atoms with Gasteiger partial charge < -0.3 is 19.4 Å². The topological polar surface area (TPSA) is 97.9 Å². The van der Waals surface area contributed by atoms with E-state index in [0.29, 0.717) is 18.7 Å². The van der Waals surface area contributed by atoms with Crippen molar-refractivity contribution in [1.82, 2.24) is 14.7 Å². The molecule has 2 N–H and O–H groups in total. The average Bonchev–Trinajstić information content (AvgIpc) is 3.08. The minimum atomic E-state index is -0.391. The predicted molar refractivity (Wildman–Crippen MR) is 174 cm³/mol. The van der Waals surface area contributed by atoms with E-state index < -0.39 is 6.10 Å². The quantitative estimate of drug-likeness (QED) is 0.264. The van der Waals surface area contributed by atoms with Crippen molar-refractivity contribution in [3.8, 4) is 0 Å². The third-order valence-electron chi connectivity index (χ3n) is 8.83. The van der Waals surface area contributed by atoms with Gasteiger partial charge in [-0.2, -0.15) is 0 Å². The van der Waals surface area contributed by atoms with Crippen LogP contribution in [0.3, 0.4) is 0 Å². The first-order valence-electron chi connectivity index (χ1n) is 15.7. The molecule has 0 bridgehead atoms. The van der Waals surface area contributed by atoms with Crippen LogP contribution in [0.4, 0.5) is 11.4 Å². The van der Waals surface area contributed by atoms with Crippen molar-refractivity contribution < 1.29 is 14.3 Å². The number of likely N-dealkylation sites (N-methyl/N-ethyl adjacent to an activating group) is 1. The smallest absolute Gasteiger partial charge is 0.261 e. The maximum Gasteiger partial charge on any atom is 0.261 e. The fraction of sp³-hybridized carbons (Fsp3) is 0.606. The van der Waals surface area contributed by atoms with E-state index in [1.165, 1.54) is 0 Å². The van der Waals surface area contributed by atoms with Crippen LogP contribution >= 0.6 is 0 Å². The Hall–Kier alpha value is -3.21. The van der Waals surface area contributed by atoms with Gasteiger partial charge in [-0.25, -0.2) is 5.84 Å². The number of carbonyl (C=O) groups excluding carboxylic acids is 2. The minimum absolute atomic E-state index is 0.0362. The summed E-state index contributed by atoms with van der Waals surface area (Å²) in [4.78, 5) is 38.9. The molecular weight excluding hydrogens is 542 g/mol.